The smallest absolute Gasteiger partial charge is 0.207 e. The summed E-state index contributed by atoms with van der Waals surface area (Å²) >= 11 is 6.61. The molecule has 0 aliphatic rings. The predicted molar refractivity (Wildman–Crippen MR) is 71.9 cm³/mol. The van der Waals surface area contributed by atoms with Gasteiger partial charge in [-0.15, -0.1) is 0 Å². The Morgan fingerprint density at radius 2 is 1.69 bits per heavy atom. The van der Waals surface area contributed by atoms with Crippen LogP contribution >= 0.6 is 31.9 Å². The van der Waals surface area contributed by atoms with Crippen LogP contribution in [0.3, 0.4) is 0 Å². The van der Waals surface area contributed by atoms with E-state index in [4.69, 9.17) is 0 Å². The summed E-state index contributed by atoms with van der Waals surface area (Å²) in [5.74, 6) is 0. The molecule has 0 spiro atoms. The molecule has 0 aromatic heterocycles. The van der Waals surface area contributed by atoms with Crippen LogP contribution in [0.5, 0.6) is 0 Å². The zero-order valence-corrected chi connectivity index (χ0v) is 13.1. The van der Waals surface area contributed by atoms with E-state index < -0.39 is 10.0 Å². The third kappa shape index (κ3) is 2.85. The number of benzene rings is 1. The number of nitrogens with zero attached hydrogens (tertiary/aromatic N) is 1. The highest BCUT2D eigenvalue weighted by Crippen LogP contribution is 2.27. The highest BCUT2D eigenvalue weighted by Gasteiger charge is 2.21. The lowest BCUT2D eigenvalue weighted by Crippen LogP contribution is -2.30. The minimum Gasteiger partial charge on any atom is -0.207 e. The van der Waals surface area contributed by atoms with Crippen molar-refractivity contribution in [2.24, 2.45) is 0 Å². The maximum atomic E-state index is 12.1. The van der Waals surface area contributed by atoms with Crippen molar-refractivity contribution in [3.63, 3.8) is 0 Å². The van der Waals surface area contributed by atoms with Crippen LogP contribution in [0.15, 0.2) is 32.0 Å². The largest absolute Gasteiger partial charge is 0.243 e. The maximum Gasteiger partial charge on any atom is 0.243 e. The van der Waals surface area contributed by atoms with Gasteiger partial charge in [0.15, 0.2) is 0 Å². The lowest BCUT2D eigenvalue weighted by Gasteiger charge is -2.18. The highest BCUT2D eigenvalue weighted by atomic mass is 79.9. The minimum absolute atomic E-state index is 0.311. The Morgan fingerprint density at radius 3 is 2.12 bits per heavy atom. The number of sulfonamides is 1. The van der Waals surface area contributed by atoms with E-state index in [1.54, 1.807) is 18.2 Å². The molecule has 0 saturated heterocycles. The van der Waals surface area contributed by atoms with Gasteiger partial charge in [-0.05, 0) is 50.1 Å². The standard InChI is InChI=1S/C10H13Br2NO2S/c1-3-13(4-2)16(14,15)8-5-6-9(11)10(12)7-8/h5-7H,3-4H2,1-2H3. The highest BCUT2D eigenvalue weighted by molar-refractivity contribution is 9.13. The monoisotopic (exact) mass is 369 g/mol. The summed E-state index contributed by atoms with van der Waals surface area (Å²) in [6, 6.07) is 4.93. The molecule has 90 valence electrons. The summed E-state index contributed by atoms with van der Waals surface area (Å²) in [4.78, 5) is 0.311. The fraction of sp³-hybridized carbons (Fsp3) is 0.400. The Bertz CT molecular complexity index is 470. The first-order valence-electron chi connectivity index (χ1n) is 4.88. The lowest BCUT2D eigenvalue weighted by atomic mass is 10.4. The first kappa shape index (κ1) is 14.2. The molecule has 0 amide bonds. The molecule has 0 bridgehead atoms. The molecule has 1 rings (SSSR count). The van der Waals surface area contributed by atoms with Crippen molar-refractivity contribution in [1.82, 2.24) is 4.31 Å². The molecule has 16 heavy (non-hydrogen) atoms. The van der Waals surface area contributed by atoms with Crippen LogP contribution in [0.1, 0.15) is 13.8 Å². The zero-order valence-electron chi connectivity index (χ0n) is 9.07. The molecule has 0 saturated carbocycles. The molecule has 0 atom stereocenters. The third-order valence-electron chi connectivity index (χ3n) is 2.23. The molecule has 1 aromatic rings. The van der Waals surface area contributed by atoms with E-state index in [1.807, 2.05) is 13.8 Å². The molecule has 1 aromatic carbocycles. The van der Waals surface area contributed by atoms with Gasteiger partial charge in [0.1, 0.15) is 0 Å². The van der Waals surface area contributed by atoms with Crippen LogP contribution in [0.2, 0.25) is 0 Å². The quantitative estimate of drug-likeness (QED) is 0.815. The van der Waals surface area contributed by atoms with Gasteiger partial charge in [-0.2, -0.15) is 4.31 Å². The van der Waals surface area contributed by atoms with Crippen LogP contribution in [-0.2, 0) is 10.0 Å². The van der Waals surface area contributed by atoms with Crippen LogP contribution in [0.4, 0.5) is 0 Å². The average Bonchev–Trinajstić information content (AvgIpc) is 2.23. The normalized spacial score (nSPS) is 12.1. The Labute approximate surface area is 113 Å². The van der Waals surface area contributed by atoms with Crippen molar-refractivity contribution in [2.75, 3.05) is 13.1 Å². The van der Waals surface area contributed by atoms with Crippen LogP contribution in [0.25, 0.3) is 0 Å². The van der Waals surface area contributed by atoms with Crippen molar-refractivity contribution in [2.45, 2.75) is 18.7 Å². The predicted octanol–water partition coefficient (Wildman–Crippen LogP) is 3.24. The second-order valence-corrected chi connectivity index (χ2v) is 6.81. The molecule has 0 heterocycles. The zero-order chi connectivity index (χ0) is 12.3. The van der Waals surface area contributed by atoms with Gasteiger partial charge >= 0.3 is 0 Å². The summed E-state index contributed by atoms with van der Waals surface area (Å²) in [5, 5.41) is 0. The minimum atomic E-state index is -3.36. The van der Waals surface area contributed by atoms with Crippen LogP contribution < -0.4 is 0 Å². The summed E-state index contributed by atoms with van der Waals surface area (Å²) in [5.41, 5.74) is 0. The van der Waals surface area contributed by atoms with E-state index >= 15 is 0 Å². The van der Waals surface area contributed by atoms with Crippen molar-refractivity contribution < 1.29 is 8.42 Å². The van der Waals surface area contributed by atoms with Crippen molar-refractivity contribution in [3.8, 4) is 0 Å². The summed E-state index contributed by atoms with van der Waals surface area (Å²) < 4.78 is 27.3. The molecule has 0 N–H and O–H groups in total. The number of hydrogen-bond donors (Lipinski definition) is 0. The van der Waals surface area contributed by atoms with Gasteiger partial charge in [0.25, 0.3) is 0 Å². The van der Waals surface area contributed by atoms with E-state index in [1.165, 1.54) is 4.31 Å². The van der Waals surface area contributed by atoms with Gasteiger partial charge < -0.3 is 0 Å². The van der Waals surface area contributed by atoms with E-state index in [0.29, 0.717) is 18.0 Å². The fourth-order valence-corrected chi connectivity index (χ4v) is 3.61. The Morgan fingerprint density at radius 1 is 1.12 bits per heavy atom. The summed E-state index contributed by atoms with van der Waals surface area (Å²) in [7, 11) is -3.36. The Balaban J connectivity index is 3.22. The molecular formula is C10H13Br2NO2S. The fourth-order valence-electron chi connectivity index (χ4n) is 1.35. The van der Waals surface area contributed by atoms with Gasteiger partial charge in [-0.1, -0.05) is 13.8 Å². The third-order valence-corrected chi connectivity index (χ3v) is 6.16. The van der Waals surface area contributed by atoms with Gasteiger partial charge in [0.05, 0.1) is 4.90 Å². The molecule has 0 radical (unpaired) electrons. The van der Waals surface area contributed by atoms with E-state index in [2.05, 4.69) is 31.9 Å². The van der Waals surface area contributed by atoms with E-state index in [9.17, 15) is 8.42 Å². The topological polar surface area (TPSA) is 37.4 Å². The number of halogens is 2. The average molecular weight is 371 g/mol. The van der Waals surface area contributed by atoms with E-state index in [-0.39, 0.29) is 0 Å². The summed E-state index contributed by atoms with van der Waals surface area (Å²) in [6.45, 7) is 4.61. The van der Waals surface area contributed by atoms with Crippen molar-refractivity contribution >= 4 is 41.9 Å². The molecular weight excluding hydrogens is 358 g/mol. The van der Waals surface area contributed by atoms with Gasteiger partial charge in [-0.3, -0.25) is 0 Å². The van der Waals surface area contributed by atoms with Gasteiger partial charge in [0, 0.05) is 22.0 Å². The van der Waals surface area contributed by atoms with Crippen LogP contribution in [-0.4, -0.2) is 25.8 Å². The molecule has 3 nitrogen and oxygen atoms in total. The van der Waals surface area contributed by atoms with Gasteiger partial charge in [0.2, 0.25) is 10.0 Å². The number of rotatable bonds is 4. The molecule has 6 heteroatoms. The second kappa shape index (κ2) is 5.62. The van der Waals surface area contributed by atoms with Crippen molar-refractivity contribution in [1.29, 1.82) is 0 Å². The first-order valence-corrected chi connectivity index (χ1v) is 7.91. The van der Waals surface area contributed by atoms with Crippen molar-refractivity contribution in [3.05, 3.63) is 27.1 Å². The second-order valence-electron chi connectivity index (χ2n) is 3.17. The Kier molecular flexibility index (Phi) is 4.97. The summed E-state index contributed by atoms with van der Waals surface area (Å²) in [6.07, 6.45) is 0. The first-order chi connectivity index (χ1) is 7.43. The van der Waals surface area contributed by atoms with E-state index in [0.717, 1.165) is 8.95 Å². The molecule has 0 aliphatic heterocycles. The van der Waals surface area contributed by atoms with Gasteiger partial charge in [-0.25, -0.2) is 8.42 Å². The molecule has 0 fully saturated rings. The SMILES string of the molecule is CCN(CC)S(=O)(=O)c1ccc(Br)c(Br)c1. The maximum absolute atomic E-state index is 12.1. The Hall–Kier alpha value is 0.0900. The molecule has 0 aliphatic carbocycles. The lowest BCUT2D eigenvalue weighted by molar-refractivity contribution is 0.445. The van der Waals surface area contributed by atoms with Crippen LogP contribution in [0, 0.1) is 0 Å². The molecule has 0 unspecified atom stereocenters. The number of hydrogen-bond acceptors (Lipinski definition) is 2.